The Hall–Kier alpha value is -1.53. The van der Waals surface area contributed by atoms with Gasteiger partial charge >= 0.3 is 0 Å². The number of hydrogen-bond donors (Lipinski definition) is 1. The fourth-order valence-electron chi connectivity index (χ4n) is 1.28. The van der Waals surface area contributed by atoms with Crippen LogP contribution in [-0.2, 0) is 11.3 Å². The number of hydrogen-bond acceptors (Lipinski definition) is 5. The maximum atomic E-state index is 4.93. The molecule has 0 aliphatic rings. The summed E-state index contributed by atoms with van der Waals surface area (Å²) in [7, 11) is 1.68. The maximum Gasteiger partial charge on any atom is 0.254 e. The molecule has 0 unspecified atom stereocenters. The predicted molar refractivity (Wildman–Crippen MR) is 54.4 cm³/mol. The largest absolute Gasteiger partial charge is 0.383 e. The molecule has 0 saturated carbocycles. The van der Waals surface area contributed by atoms with Gasteiger partial charge in [0.25, 0.3) is 5.78 Å². The molecule has 2 heterocycles. The van der Waals surface area contributed by atoms with E-state index in [-0.39, 0.29) is 0 Å². The second kappa shape index (κ2) is 4.81. The van der Waals surface area contributed by atoms with Crippen molar-refractivity contribution in [2.45, 2.75) is 6.54 Å². The summed E-state index contributed by atoms with van der Waals surface area (Å²) in [6, 6.07) is 1.86. The first-order chi connectivity index (χ1) is 7.42. The molecule has 0 aromatic carbocycles. The second-order valence-electron chi connectivity index (χ2n) is 3.08. The van der Waals surface area contributed by atoms with Gasteiger partial charge in [-0.2, -0.15) is 0 Å². The van der Waals surface area contributed by atoms with Crippen LogP contribution in [0.1, 0.15) is 5.82 Å². The minimum atomic E-state index is 0.626. The van der Waals surface area contributed by atoms with Crippen LogP contribution < -0.4 is 5.32 Å². The van der Waals surface area contributed by atoms with Crippen LogP contribution in [0.25, 0.3) is 5.78 Å². The van der Waals surface area contributed by atoms with Gasteiger partial charge in [-0.3, -0.25) is 4.40 Å². The first-order valence-electron chi connectivity index (χ1n) is 4.76. The van der Waals surface area contributed by atoms with E-state index in [1.54, 1.807) is 13.3 Å². The zero-order chi connectivity index (χ0) is 10.5. The summed E-state index contributed by atoms with van der Waals surface area (Å²) in [4.78, 5) is 4.08. The van der Waals surface area contributed by atoms with Crippen LogP contribution in [0.5, 0.6) is 0 Å². The molecule has 80 valence electrons. The summed E-state index contributed by atoms with van der Waals surface area (Å²) in [5, 5.41) is 11.2. The Labute approximate surface area is 87.3 Å². The average molecular weight is 207 g/mol. The van der Waals surface area contributed by atoms with Gasteiger partial charge in [0.15, 0.2) is 5.82 Å². The number of rotatable bonds is 5. The molecule has 6 nitrogen and oxygen atoms in total. The van der Waals surface area contributed by atoms with Crippen LogP contribution in [0.2, 0.25) is 0 Å². The van der Waals surface area contributed by atoms with Gasteiger partial charge in [-0.15, -0.1) is 10.2 Å². The van der Waals surface area contributed by atoms with E-state index in [2.05, 4.69) is 20.5 Å². The molecule has 2 rings (SSSR count). The topological polar surface area (TPSA) is 64.3 Å². The molecule has 0 aliphatic heterocycles. The monoisotopic (exact) mass is 207 g/mol. The van der Waals surface area contributed by atoms with Crippen molar-refractivity contribution in [3.8, 4) is 0 Å². The smallest absolute Gasteiger partial charge is 0.254 e. The summed E-state index contributed by atoms with van der Waals surface area (Å²) in [6.07, 6.45) is 3.60. The van der Waals surface area contributed by atoms with E-state index >= 15 is 0 Å². The minimum Gasteiger partial charge on any atom is -0.383 e. The molecule has 15 heavy (non-hydrogen) atoms. The second-order valence-corrected chi connectivity index (χ2v) is 3.08. The molecule has 0 saturated heterocycles. The van der Waals surface area contributed by atoms with Gasteiger partial charge in [0.1, 0.15) is 0 Å². The Bertz CT molecular complexity index is 427. The van der Waals surface area contributed by atoms with Crippen molar-refractivity contribution >= 4 is 5.78 Å². The van der Waals surface area contributed by atoms with E-state index in [0.29, 0.717) is 18.9 Å². The van der Waals surface area contributed by atoms with Crippen LogP contribution in [-0.4, -0.2) is 39.8 Å². The van der Waals surface area contributed by atoms with Gasteiger partial charge in [-0.25, -0.2) is 4.98 Å². The molecule has 0 amide bonds. The van der Waals surface area contributed by atoms with Crippen LogP contribution >= 0.6 is 0 Å². The quantitative estimate of drug-likeness (QED) is 0.691. The van der Waals surface area contributed by atoms with Crippen molar-refractivity contribution in [3.05, 3.63) is 24.3 Å². The standard InChI is InChI=1S/C9H13N5O/c1-15-6-4-10-7-8-12-13-9-11-3-2-5-14(8)9/h2-3,5,10H,4,6-7H2,1H3. The summed E-state index contributed by atoms with van der Waals surface area (Å²) >= 11 is 0. The van der Waals surface area contributed by atoms with Gasteiger partial charge in [0.2, 0.25) is 0 Å². The Morgan fingerprint density at radius 1 is 1.47 bits per heavy atom. The van der Waals surface area contributed by atoms with Crippen molar-refractivity contribution in [1.29, 1.82) is 0 Å². The minimum absolute atomic E-state index is 0.626. The van der Waals surface area contributed by atoms with Crippen LogP contribution in [0, 0.1) is 0 Å². The Morgan fingerprint density at radius 2 is 2.40 bits per heavy atom. The van der Waals surface area contributed by atoms with Crippen LogP contribution in [0.4, 0.5) is 0 Å². The summed E-state index contributed by atoms with van der Waals surface area (Å²) < 4.78 is 6.79. The SMILES string of the molecule is COCCNCc1nnc2ncccn12. The number of methoxy groups -OCH3 is 1. The molecule has 0 aliphatic carbocycles. The third-order valence-corrected chi connectivity index (χ3v) is 2.03. The van der Waals surface area contributed by atoms with E-state index < -0.39 is 0 Å². The summed E-state index contributed by atoms with van der Waals surface area (Å²) in [5.41, 5.74) is 0. The number of aromatic nitrogens is 4. The Balaban J connectivity index is 2.02. The highest BCUT2D eigenvalue weighted by atomic mass is 16.5. The number of fused-ring (bicyclic) bond motifs is 1. The Morgan fingerprint density at radius 3 is 3.27 bits per heavy atom. The molecule has 0 fully saturated rings. The molecule has 0 spiro atoms. The third kappa shape index (κ3) is 2.28. The third-order valence-electron chi connectivity index (χ3n) is 2.03. The van der Waals surface area contributed by atoms with Gasteiger partial charge < -0.3 is 10.1 Å². The number of nitrogens with zero attached hydrogens (tertiary/aromatic N) is 4. The van der Waals surface area contributed by atoms with E-state index in [4.69, 9.17) is 4.74 Å². The van der Waals surface area contributed by atoms with Gasteiger partial charge in [0, 0.05) is 26.0 Å². The van der Waals surface area contributed by atoms with E-state index in [1.165, 1.54) is 0 Å². The van der Waals surface area contributed by atoms with E-state index in [0.717, 1.165) is 12.4 Å². The van der Waals surface area contributed by atoms with Crippen molar-refractivity contribution in [3.63, 3.8) is 0 Å². The van der Waals surface area contributed by atoms with Crippen molar-refractivity contribution in [2.24, 2.45) is 0 Å². The maximum absolute atomic E-state index is 4.93. The van der Waals surface area contributed by atoms with Crippen molar-refractivity contribution in [1.82, 2.24) is 24.9 Å². The molecule has 0 atom stereocenters. The molecule has 0 bridgehead atoms. The molecule has 6 heteroatoms. The van der Waals surface area contributed by atoms with Gasteiger partial charge in [-0.1, -0.05) is 0 Å². The lowest BCUT2D eigenvalue weighted by atomic mass is 10.5. The molecular weight excluding hydrogens is 194 g/mol. The van der Waals surface area contributed by atoms with Gasteiger partial charge in [-0.05, 0) is 6.07 Å². The first-order valence-corrected chi connectivity index (χ1v) is 4.76. The van der Waals surface area contributed by atoms with E-state index in [9.17, 15) is 0 Å². The highest BCUT2D eigenvalue weighted by Crippen LogP contribution is 1.98. The lowest BCUT2D eigenvalue weighted by Gasteiger charge is -2.01. The lowest BCUT2D eigenvalue weighted by Crippen LogP contribution is -2.20. The van der Waals surface area contributed by atoms with Crippen LogP contribution in [0.3, 0.4) is 0 Å². The fraction of sp³-hybridized carbons (Fsp3) is 0.444. The predicted octanol–water partition coefficient (Wildman–Crippen LogP) is -0.140. The van der Waals surface area contributed by atoms with Crippen LogP contribution in [0.15, 0.2) is 18.5 Å². The molecular formula is C9H13N5O. The zero-order valence-electron chi connectivity index (χ0n) is 8.55. The molecule has 0 radical (unpaired) electrons. The molecule has 1 N–H and O–H groups in total. The van der Waals surface area contributed by atoms with Gasteiger partial charge in [0.05, 0.1) is 13.2 Å². The molecule has 2 aromatic rings. The number of ether oxygens (including phenoxy) is 1. The number of nitrogens with one attached hydrogen (secondary N) is 1. The first kappa shape index (κ1) is 10.0. The zero-order valence-corrected chi connectivity index (χ0v) is 8.55. The van der Waals surface area contributed by atoms with E-state index in [1.807, 2.05) is 16.7 Å². The van der Waals surface area contributed by atoms with Crippen molar-refractivity contribution in [2.75, 3.05) is 20.3 Å². The Kier molecular flexibility index (Phi) is 3.21. The highest BCUT2D eigenvalue weighted by Gasteiger charge is 2.03. The normalized spacial score (nSPS) is 11.0. The summed E-state index contributed by atoms with van der Waals surface area (Å²) in [6.45, 7) is 2.15. The highest BCUT2D eigenvalue weighted by molar-refractivity contribution is 5.25. The molecule has 2 aromatic heterocycles. The lowest BCUT2D eigenvalue weighted by molar-refractivity contribution is 0.199. The average Bonchev–Trinajstić information content (AvgIpc) is 2.68. The van der Waals surface area contributed by atoms with Crippen molar-refractivity contribution < 1.29 is 4.74 Å². The fourth-order valence-corrected chi connectivity index (χ4v) is 1.28. The summed E-state index contributed by atoms with van der Waals surface area (Å²) in [5.74, 6) is 1.48.